The first kappa shape index (κ1) is 15.0. The highest BCUT2D eigenvalue weighted by molar-refractivity contribution is 5.94. The topological polar surface area (TPSA) is 66.8 Å². The van der Waals surface area contributed by atoms with Crippen LogP contribution in [-0.2, 0) is 9.53 Å². The Morgan fingerprint density at radius 1 is 1.33 bits per heavy atom. The molecule has 5 nitrogen and oxygen atoms in total. The first-order chi connectivity index (χ1) is 8.27. The number of imide groups is 1. The summed E-state index contributed by atoms with van der Waals surface area (Å²) in [5.74, 6) is -0.835. The van der Waals surface area contributed by atoms with E-state index in [1.807, 2.05) is 27.7 Å². The molecule has 0 aromatic carbocycles. The Morgan fingerprint density at radius 3 is 2.33 bits per heavy atom. The summed E-state index contributed by atoms with van der Waals surface area (Å²) in [6.07, 6.45) is -1.35. The molecule has 104 valence electrons. The predicted molar refractivity (Wildman–Crippen MR) is 66.8 cm³/mol. The van der Waals surface area contributed by atoms with Crippen LogP contribution in [0.25, 0.3) is 0 Å². The van der Waals surface area contributed by atoms with Gasteiger partial charge >= 0.3 is 6.09 Å². The molecular formula is C13H23NO4. The van der Waals surface area contributed by atoms with Crippen molar-refractivity contribution in [2.45, 2.75) is 46.8 Å². The van der Waals surface area contributed by atoms with Gasteiger partial charge in [-0.2, -0.15) is 0 Å². The number of aliphatic hydroxyl groups is 1. The summed E-state index contributed by atoms with van der Waals surface area (Å²) < 4.78 is 4.94. The van der Waals surface area contributed by atoms with Crippen LogP contribution in [0.4, 0.5) is 4.79 Å². The van der Waals surface area contributed by atoms with E-state index in [0.717, 1.165) is 0 Å². The predicted octanol–water partition coefficient (Wildman–Crippen LogP) is 1.64. The van der Waals surface area contributed by atoms with Crippen LogP contribution in [0.2, 0.25) is 0 Å². The van der Waals surface area contributed by atoms with Crippen LogP contribution in [-0.4, -0.2) is 40.8 Å². The third kappa shape index (κ3) is 2.83. The lowest BCUT2D eigenvalue weighted by atomic mass is 9.92. The van der Waals surface area contributed by atoms with Crippen molar-refractivity contribution in [2.75, 3.05) is 6.61 Å². The number of hydrogen-bond acceptors (Lipinski definition) is 4. The normalized spacial score (nSPS) is 23.4. The SMILES string of the molecule is CC(C)[C@H]1COC(=O)N1C(=O)[C@H](C)[C@@H](O)C(C)C. The third-order valence-corrected chi connectivity index (χ3v) is 3.50. The van der Waals surface area contributed by atoms with Gasteiger partial charge in [-0.1, -0.05) is 34.6 Å². The van der Waals surface area contributed by atoms with Crippen molar-refractivity contribution >= 4 is 12.0 Å². The molecule has 0 bridgehead atoms. The smallest absolute Gasteiger partial charge is 0.416 e. The maximum atomic E-state index is 12.3. The van der Waals surface area contributed by atoms with Gasteiger partial charge in [0.1, 0.15) is 6.61 Å². The van der Waals surface area contributed by atoms with Crippen molar-refractivity contribution in [3.05, 3.63) is 0 Å². The number of rotatable bonds is 4. The van der Waals surface area contributed by atoms with Gasteiger partial charge in [0.2, 0.25) is 5.91 Å². The lowest BCUT2D eigenvalue weighted by Crippen LogP contribution is -2.47. The number of carbonyl (C=O) groups is 2. The highest BCUT2D eigenvalue weighted by atomic mass is 16.6. The zero-order chi connectivity index (χ0) is 14.0. The fraction of sp³-hybridized carbons (Fsp3) is 0.846. The zero-order valence-electron chi connectivity index (χ0n) is 11.7. The van der Waals surface area contributed by atoms with Crippen LogP contribution < -0.4 is 0 Å². The molecule has 1 aliphatic heterocycles. The minimum Gasteiger partial charge on any atom is -0.447 e. The summed E-state index contributed by atoms with van der Waals surface area (Å²) in [5.41, 5.74) is 0. The van der Waals surface area contributed by atoms with Gasteiger partial charge < -0.3 is 9.84 Å². The fourth-order valence-electron chi connectivity index (χ4n) is 2.12. The highest BCUT2D eigenvalue weighted by Crippen LogP contribution is 2.24. The second-order valence-electron chi connectivity index (χ2n) is 5.62. The Hall–Kier alpha value is -1.10. The summed E-state index contributed by atoms with van der Waals surface area (Å²) in [6.45, 7) is 9.46. The quantitative estimate of drug-likeness (QED) is 0.831. The number of amides is 2. The lowest BCUT2D eigenvalue weighted by Gasteiger charge is -2.28. The molecule has 1 heterocycles. The van der Waals surface area contributed by atoms with E-state index in [-0.39, 0.29) is 30.4 Å². The van der Waals surface area contributed by atoms with E-state index in [2.05, 4.69) is 0 Å². The standard InChI is InChI=1S/C13H23NO4/c1-7(2)10-6-18-13(17)14(10)12(16)9(5)11(15)8(3)4/h7-11,15H,6H2,1-5H3/t9-,10-,11+/m1/s1. The van der Waals surface area contributed by atoms with Gasteiger partial charge in [-0.15, -0.1) is 0 Å². The van der Waals surface area contributed by atoms with Gasteiger partial charge in [0.25, 0.3) is 0 Å². The van der Waals surface area contributed by atoms with E-state index in [1.165, 1.54) is 4.90 Å². The van der Waals surface area contributed by atoms with Gasteiger partial charge in [-0.25, -0.2) is 9.69 Å². The Balaban J connectivity index is 2.84. The second kappa shape index (κ2) is 5.69. The highest BCUT2D eigenvalue weighted by Gasteiger charge is 2.42. The molecule has 1 rings (SSSR count). The van der Waals surface area contributed by atoms with Crippen molar-refractivity contribution in [1.29, 1.82) is 0 Å². The van der Waals surface area contributed by atoms with Crippen LogP contribution in [0.1, 0.15) is 34.6 Å². The van der Waals surface area contributed by atoms with Crippen molar-refractivity contribution in [3.63, 3.8) is 0 Å². The maximum absolute atomic E-state index is 12.3. The summed E-state index contributed by atoms with van der Waals surface area (Å²) >= 11 is 0. The third-order valence-electron chi connectivity index (χ3n) is 3.50. The van der Waals surface area contributed by atoms with E-state index in [0.29, 0.717) is 0 Å². The average Bonchev–Trinajstić information content (AvgIpc) is 2.68. The molecule has 0 saturated carbocycles. The molecule has 3 atom stereocenters. The van der Waals surface area contributed by atoms with Gasteiger partial charge in [-0.05, 0) is 11.8 Å². The van der Waals surface area contributed by atoms with E-state index in [9.17, 15) is 14.7 Å². The molecule has 0 aromatic rings. The number of ether oxygens (including phenoxy) is 1. The maximum Gasteiger partial charge on any atom is 0.416 e. The summed E-state index contributed by atoms with van der Waals surface area (Å²) in [5, 5.41) is 9.94. The van der Waals surface area contributed by atoms with Crippen molar-refractivity contribution < 1.29 is 19.4 Å². The number of hydrogen-bond donors (Lipinski definition) is 1. The van der Waals surface area contributed by atoms with E-state index in [1.54, 1.807) is 6.92 Å². The number of aliphatic hydroxyl groups excluding tert-OH is 1. The fourth-order valence-corrected chi connectivity index (χ4v) is 2.12. The minimum absolute atomic E-state index is 0.0277. The molecule has 0 radical (unpaired) electrons. The Kier molecular flexibility index (Phi) is 4.73. The monoisotopic (exact) mass is 257 g/mol. The number of carbonyl (C=O) groups excluding carboxylic acids is 2. The molecule has 0 spiro atoms. The van der Waals surface area contributed by atoms with Gasteiger partial charge in [0, 0.05) is 0 Å². The van der Waals surface area contributed by atoms with Crippen LogP contribution in [0.5, 0.6) is 0 Å². The first-order valence-corrected chi connectivity index (χ1v) is 6.45. The molecule has 1 fully saturated rings. The molecule has 0 unspecified atom stereocenters. The minimum atomic E-state index is -0.751. The van der Waals surface area contributed by atoms with E-state index >= 15 is 0 Å². The largest absolute Gasteiger partial charge is 0.447 e. The Bertz CT molecular complexity index is 327. The summed E-state index contributed by atoms with van der Waals surface area (Å²) in [4.78, 5) is 25.1. The van der Waals surface area contributed by atoms with Crippen molar-refractivity contribution in [3.8, 4) is 0 Å². The molecule has 1 N–H and O–H groups in total. The molecule has 1 aliphatic rings. The lowest BCUT2D eigenvalue weighted by molar-refractivity contribution is -0.138. The average molecular weight is 257 g/mol. The Morgan fingerprint density at radius 2 is 1.89 bits per heavy atom. The summed E-state index contributed by atoms with van der Waals surface area (Å²) in [7, 11) is 0. The van der Waals surface area contributed by atoms with Gasteiger partial charge in [-0.3, -0.25) is 4.79 Å². The van der Waals surface area contributed by atoms with E-state index < -0.39 is 18.1 Å². The molecule has 1 saturated heterocycles. The van der Waals surface area contributed by atoms with Crippen molar-refractivity contribution in [2.24, 2.45) is 17.8 Å². The van der Waals surface area contributed by atoms with Crippen LogP contribution >= 0.6 is 0 Å². The second-order valence-corrected chi connectivity index (χ2v) is 5.62. The van der Waals surface area contributed by atoms with Crippen LogP contribution in [0.15, 0.2) is 0 Å². The first-order valence-electron chi connectivity index (χ1n) is 6.45. The van der Waals surface area contributed by atoms with Gasteiger partial charge in [0.05, 0.1) is 18.1 Å². The number of nitrogens with zero attached hydrogens (tertiary/aromatic N) is 1. The molecule has 2 amide bonds. The molecule has 0 aliphatic carbocycles. The number of cyclic esters (lactones) is 1. The van der Waals surface area contributed by atoms with Crippen molar-refractivity contribution in [1.82, 2.24) is 4.90 Å². The molecule has 5 heteroatoms. The Labute approximate surface area is 108 Å². The molecular weight excluding hydrogens is 234 g/mol. The van der Waals surface area contributed by atoms with Crippen LogP contribution in [0, 0.1) is 17.8 Å². The summed E-state index contributed by atoms with van der Waals surface area (Å²) in [6, 6.07) is -0.230. The molecule has 0 aromatic heterocycles. The van der Waals surface area contributed by atoms with E-state index in [4.69, 9.17) is 4.74 Å². The molecule has 18 heavy (non-hydrogen) atoms. The van der Waals surface area contributed by atoms with Gasteiger partial charge in [0.15, 0.2) is 0 Å². The van der Waals surface area contributed by atoms with Crippen LogP contribution in [0.3, 0.4) is 0 Å². The zero-order valence-corrected chi connectivity index (χ0v) is 11.7.